The zero-order chi connectivity index (χ0) is 15.3. The van der Waals surface area contributed by atoms with Gasteiger partial charge in [0.2, 0.25) is 0 Å². The molecule has 5 nitrogen and oxygen atoms in total. The molecule has 1 heterocycles. The maximum Gasteiger partial charge on any atom is 0.266 e. The fourth-order valence-corrected chi connectivity index (χ4v) is 3.33. The molecule has 0 aliphatic carbocycles. The summed E-state index contributed by atoms with van der Waals surface area (Å²) in [7, 11) is -3.76. The molecule has 0 unspecified atom stereocenters. The zero-order valence-electron chi connectivity index (χ0n) is 11.4. The van der Waals surface area contributed by atoms with Crippen molar-refractivity contribution >= 4 is 31.8 Å². The van der Waals surface area contributed by atoms with Crippen molar-refractivity contribution in [3.8, 4) is 5.75 Å². The van der Waals surface area contributed by atoms with Crippen LogP contribution in [-0.2, 0) is 10.0 Å². The largest absolute Gasteiger partial charge is 0.492 e. The molecule has 112 valence electrons. The Bertz CT molecular complexity index is 705. The number of nitrogens with one attached hydrogen (secondary N) is 1. The molecule has 0 aliphatic heterocycles. The van der Waals surface area contributed by atoms with Gasteiger partial charge in [-0.15, -0.1) is 0 Å². The van der Waals surface area contributed by atoms with Gasteiger partial charge in [0.15, 0.2) is 0 Å². The van der Waals surface area contributed by atoms with E-state index in [2.05, 4.69) is 25.6 Å². The number of halogens is 1. The Kier molecular flexibility index (Phi) is 5.19. The molecule has 2 aromatic rings. The van der Waals surface area contributed by atoms with E-state index in [1.54, 1.807) is 30.3 Å². The third-order valence-corrected chi connectivity index (χ3v) is 4.43. The van der Waals surface area contributed by atoms with Crippen LogP contribution < -0.4 is 9.46 Å². The van der Waals surface area contributed by atoms with Gasteiger partial charge in [0.05, 0.1) is 6.61 Å². The highest BCUT2D eigenvalue weighted by atomic mass is 79.9. The number of anilines is 1. The van der Waals surface area contributed by atoms with E-state index in [4.69, 9.17) is 4.74 Å². The second-order valence-corrected chi connectivity index (χ2v) is 6.83. The van der Waals surface area contributed by atoms with Crippen LogP contribution in [0.4, 0.5) is 5.82 Å². The molecule has 0 fully saturated rings. The first-order valence-electron chi connectivity index (χ1n) is 6.39. The highest BCUT2D eigenvalue weighted by Gasteiger charge is 2.20. The lowest BCUT2D eigenvalue weighted by Crippen LogP contribution is -2.15. The number of aromatic nitrogens is 1. The molecule has 2 rings (SSSR count). The number of sulfonamides is 1. The Morgan fingerprint density at radius 2 is 2.10 bits per heavy atom. The minimum absolute atomic E-state index is 0.0796. The maximum absolute atomic E-state index is 12.5. The third-order valence-electron chi connectivity index (χ3n) is 2.56. The monoisotopic (exact) mass is 370 g/mol. The van der Waals surface area contributed by atoms with Crippen LogP contribution in [0.3, 0.4) is 0 Å². The number of hydrogen-bond acceptors (Lipinski definition) is 4. The van der Waals surface area contributed by atoms with Crippen molar-refractivity contribution in [2.45, 2.75) is 18.2 Å². The van der Waals surface area contributed by atoms with Crippen molar-refractivity contribution in [2.75, 3.05) is 11.3 Å². The van der Waals surface area contributed by atoms with Crippen molar-refractivity contribution in [3.63, 3.8) is 0 Å². The third kappa shape index (κ3) is 4.18. The van der Waals surface area contributed by atoms with E-state index in [0.717, 1.165) is 6.42 Å². The summed E-state index contributed by atoms with van der Waals surface area (Å²) in [4.78, 5) is 4.04. The van der Waals surface area contributed by atoms with Gasteiger partial charge in [-0.05, 0) is 36.8 Å². The minimum Gasteiger partial charge on any atom is -0.492 e. The number of nitrogens with zero attached hydrogens (tertiary/aromatic N) is 1. The molecule has 0 spiro atoms. The SMILES string of the molecule is CCCOc1ccc(Br)cc1S(=O)(=O)Nc1ccccn1. The lowest BCUT2D eigenvalue weighted by molar-refractivity contribution is 0.309. The second kappa shape index (κ2) is 6.91. The molecule has 0 saturated heterocycles. The van der Waals surface area contributed by atoms with E-state index in [1.807, 2.05) is 6.92 Å². The molecule has 1 aromatic heterocycles. The molecule has 7 heteroatoms. The molecule has 0 saturated carbocycles. The number of benzene rings is 1. The predicted octanol–water partition coefficient (Wildman–Crippen LogP) is 3.43. The molecule has 0 bridgehead atoms. The van der Waals surface area contributed by atoms with Gasteiger partial charge in [0.1, 0.15) is 16.5 Å². The van der Waals surface area contributed by atoms with E-state index >= 15 is 0 Å². The van der Waals surface area contributed by atoms with E-state index < -0.39 is 10.0 Å². The highest BCUT2D eigenvalue weighted by Crippen LogP contribution is 2.29. The van der Waals surface area contributed by atoms with Crippen LogP contribution in [0.25, 0.3) is 0 Å². The van der Waals surface area contributed by atoms with Crippen molar-refractivity contribution in [2.24, 2.45) is 0 Å². The van der Waals surface area contributed by atoms with Crippen LogP contribution in [0.1, 0.15) is 13.3 Å². The average Bonchev–Trinajstić information content (AvgIpc) is 2.46. The van der Waals surface area contributed by atoms with Gasteiger partial charge in [-0.1, -0.05) is 28.9 Å². The van der Waals surface area contributed by atoms with Crippen molar-refractivity contribution < 1.29 is 13.2 Å². The molecule has 0 atom stereocenters. The highest BCUT2D eigenvalue weighted by molar-refractivity contribution is 9.10. The summed E-state index contributed by atoms with van der Waals surface area (Å²) in [6, 6.07) is 9.89. The first-order valence-corrected chi connectivity index (χ1v) is 8.67. The quantitative estimate of drug-likeness (QED) is 0.845. The molecule has 1 N–H and O–H groups in total. The van der Waals surface area contributed by atoms with Crippen molar-refractivity contribution in [1.29, 1.82) is 0 Å². The minimum atomic E-state index is -3.76. The number of rotatable bonds is 6. The summed E-state index contributed by atoms with van der Waals surface area (Å²) in [5.41, 5.74) is 0. The molecule has 0 aliphatic rings. The van der Waals surface area contributed by atoms with Gasteiger partial charge >= 0.3 is 0 Å². The lowest BCUT2D eigenvalue weighted by atomic mass is 10.3. The van der Waals surface area contributed by atoms with Gasteiger partial charge < -0.3 is 4.74 Å². The predicted molar refractivity (Wildman–Crippen MR) is 85.0 cm³/mol. The van der Waals surface area contributed by atoms with Gasteiger partial charge in [0.25, 0.3) is 10.0 Å². The summed E-state index contributed by atoms with van der Waals surface area (Å²) in [6.45, 7) is 2.41. The van der Waals surface area contributed by atoms with E-state index in [1.165, 1.54) is 12.3 Å². The fourth-order valence-electron chi connectivity index (χ4n) is 1.64. The number of hydrogen-bond donors (Lipinski definition) is 1. The Labute approximate surface area is 132 Å². The van der Waals surface area contributed by atoms with Crippen molar-refractivity contribution in [1.82, 2.24) is 4.98 Å². The van der Waals surface area contributed by atoms with Crippen LogP contribution in [0.5, 0.6) is 5.75 Å². The topological polar surface area (TPSA) is 68.3 Å². The van der Waals surface area contributed by atoms with Crippen LogP contribution in [-0.4, -0.2) is 20.0 Å². The Balaban J connectivity index is 2.36. The fraction of sp³-hybridized carbons (Fsp3) is 0.214. The van der Waals surface area contributed by atoms with Gasteiger partial charge in [-0.2, -0.15) is 0 Å². The lowest BCUT2D eigenvalue weighted by Gasteiger charge is -2.13. The van der Waals surface area contributed by atoms with Crippen LogP contribution in [0.2, 0.25) is 0 Å². The molecule has 0 amide bonds. The summed E-state index contributed by atoms with van der Waals surface area (Å²) in [5, 5.41) is 0. The average molecular weight is 371 g/mol. The van der Waals surface area contributed by atoms with Crippen molar-refractivity contribution in [3.05, 3.63) is 47.1 Å². The Hall–Kier alpha value is -1.60. The van der Waals surface area contributed by atoms with Crippen LogP contribution in [0, 0.1) is 0 Å². The number of pyridine rings is 1. The molecular weight excluding hydrogens is 356 g/mol. The second-order valence-electron chi connectivity index (χ2n) is 4.26. The van der Waals surface area contributed by atoms with Crippen LogP contribution >= 0.6 is 15.9 Å². The Morgan fingerprint density at radius 1 is 1.29 bits per heavy atom. The van der Waals surface area contributed by atoms with E-state index in [9.17, 15) is 8.42 Å². The smallest absolute Gasteiger partial charge is 0.266 e. The summed E-state index contributed by atoms with van der Waals surface area (Å²) >= 11 is 3.28. The van der Waals surface area contributed by atoms with E-state index in [0.29, 0.717) is 16.8 Å². The van der Waals surface area contributed by atoms with Gasteiger partial charge in [-0.3, -0.25) is 4.72 Å². The molecule has 1 aromatic carbocycles. The molecular formula is C14H15BrN2O3S. The first-order chi connectivity index (χ1) is 10.0. The zero-order valence-corrected chi connectivity index (χ0v) is 13.8. The summed E-state index contributed by atoms with van der Waals surface area (Å²) < 4.78 is 33.6. The van der Waals surface area contributed by atoms with Crippen LogP contribution in [0.15, 0.2) is 52.0 Å². The van der Waals surface area contributed by atoms with E-state index in [-0.39, 0.29) is 10.7 Å². The summed E-state index contributed by atoms with van der Waals surface area (Å²) in [6.07, 6.45) is 2.32. The normalized spacial score (nSPS) is 11.1. The Morgan fingerprint density at radius 3 is 2.76 bits per heavy atom. The first kappa shape index (κ1) is 15.8. The molecule has 21 heavy (non-hydrogen) atoms. The van der Waals surface area contributed by atoms with Gasteiger partial charge in [0, 0.05) is 10.7 Å². The standard InChI is InChI=1S/C14H15BrN2O3S/c1-2-9-20-12-7-6-11(15)10-13(12)21(18,19)17-14-5-3-4-8-16-14/h3-8,10H,2,9H2,1H3,(H,16,17). The molecule has 0 radical (unpaired) electrons. The summed E-state index contributed by atoms with van der Waals surface area (Å²) in [5.74, 6) is 0.586. The van der Waals surface area contributed by atoms with Gasteiger partial charge in [-0.25, -0.2) is 13.4 Å². The number of ether oxygens (including phenoxy) is 1. The maximum atomic E-state index is 12.5.